The van der Waals surface area contributed by atoms with Crippen LogP contribution in [-0.2, 0) is 0 Å². The summed E-state index contributed by atoms with van der Waals surface area (Å²) in [7, 11) is 0. The van der Waals surface area contributed by atoms with E-state index < -0.39 is 33.6 Å². The molecular formula is C24H54CeO6-6. The van der Waals surface area contributed by atoms with Crippen LogP contribution in [0.5, 0.6) is 0 Å². The minimum Gasteiger partial charge on any atom is -0.850 e. The van der Waals surface area contributed by atoms with Crippen molar-refractivity contribution in [1.82, 2.24) is 0 Å². The van der Waals surface area contributed by atoms with Crippen molar-refractivity contribution in [3.8, 4) is 0 Å². The molecule has 0 saturated heterocycles. The average Bonchev–Trinajstić information content (AvgIpc) is 1.94. The summed E-state index contributed by atoms with van der Waals surface area (Å²) in [5, 5.41) is 60.6. The number of rotatable bonds is 0. The smallest absolute Gasteiger partial charge is 0 e. The molecule has 6 nitrogen and oxygen atoms in total. The second kappa shape index (κ2) is 20.5. The SMILES string of the molecule is CC(C)(C)[O-].CC(C)(C)[O-].CC(C)(C)[O-].CC(C)(C)[O-].CC(C)(C)[O-].CC(C)(C)[O-].[Ce]. The van der Waals surface area contributed by atoms with Gasteiger partial charge in [-0.25, -0.2) is 0 Å². The Morgan fingerprint density at radius 1 is 0.226 bits per heavy atom. The Morgan fingerprint density at radius 2 is 0.226 bits per heavy atom. The van der Waals surface area contributed by atoms with Gasteiger partial charge in [-0.3, -0.25) is 0 Å². The Balaban J connectivity index is -0.0000000443. The van der Waals surface area contributed by atoms with Gasteiger partial charge in [-0.1, -0.05) is 125 Å². The minimum atomic E-state index is -0.750. The molecule has 0 aromatic carbocycles. The van der Waals surface area contributed by atoms with Gasteiger partial charge in [0, 0.05) is 41.7 Å². The van der Waals surface area contributed by atoms with Crippen LogP contribution >= 0.6 is 0 Å². The van der Waals surface area contributed by atoms with E-state index in [0.29, 0.717) is 0 Å². The second-order valence-corrected chi connectivity index (χ2v) is 12.7. The molecule has 7 heteroatoms. The minimum absolute atomic E-state index is 0. The quantitative estimate of drug-likeness (QED) is 0.418. The van der Waals surface area contributed by atoms with Crippen molar-refractivity contribution in [3.63, 3.8) is 0 Å². The fraction of sp³-hybridized carbons (Fsp3) is 1.00. The molecule has 0 aromatic rings. The third kappa shape index (κ3) is 20500. The molecule has 0 spiro atoms. The van der Waals surface area contributed by atoms with Gasteiger partial charge < -0.3 is 30.6 Å². The predicted octanol–water partition coefficient (Wildman–Crippen LogP) is 0.871. The molecule has 0 rings (SSSR count). The van der Waals surface area contributed by atoms with E-state index in [2.05, 4.69) is 0 Å². The van der Waals surface area contributed by atoms with Crippen LogP contribution < -0.4 is 30.6 Å². The van der Waals surface area contributed by atoms with Crippen LogP contribution in [0.4, 0.5) is 0 Å². The molecule has 0 aliphatic heterocycles. The van der Waals surface area contributed by atoms with Crippen molar-refractivity contribution < 1.29 is 72.4 Å². The van der Waals surface area contributed by atoms with Crippen molar-refractivity contribution in [2.24, 2.45) is 0 Å². The van der Waals surface area contributed by atoms with Crippen molar-refractivity contribution in [2.45, 2.75) is 158 Å². The zero-order valence-corrected chi connectivity index (χ0v) is 27.1. The van der Waals surface area contributed by atoms with Crippen LogP contribution in [0.25, 0.3) is 0 Å². The van der Waals surface area contributed by atoms with Crippen LogP contribution in [0.15, 0.2) is 0 Å². The van der Waals surface area contributed by atoms with E-state index in [0.717, 1.165) is 0 Å². The van der Waals surface area contributed by atoms with Crippen molar-refractivity contribution in [3.05, 3.63) is 0 Å². The summed E-state index contributed by atoms with van der Waals surface area (Å²) in [6, 6.07) is 0. The van der Waals surface area contributed by atoms with Crippen LogP contribution in [0.2, 0.25) is 0 Å². The topological polar surface area (TPSA) is 138 Å². The molecule has 0 unspecified atom stereocenters. The molecule has 0 aliphatic rings. The van der Waals surface area contributed by atoms with Gasteiger partial charge in [0.1, 0.15) is 0 Å². The Morgan fingerprint density at radius 3 is 0.226 bits per heavy atom. The van der Waals surface area contributed by atoms with Gasteiger partial charge in [0.25, 0.3) is 0 Å². The van der Waals surface area contributed by atoms with Crippen molar-refractivity contribution in [2.75, 3.05) is 0 Å². The molecule has 0 radical (unpaired) electrons. The number of hydrogen-bond donors (Lipinski definition) is 0. The zero-order chi connectivity index (χ0) is 27.0. The maximum absolute atomic E-state index is 10.1. The molecule has 31 heavy (non-hydrogen) atoms. The van der Waals surface area contributed by atoms with Gasteiger partial charge in [0.2, 0.25) is 0 Å². The van der Waals surface area contributed by atoms with Gasteiger partial charge in [0.15, 0.2) is 0 Å². The van der Waals surface area contributed by atoms with Gasteiger partial charge in [-0.05, 0) is 0 Å². The predicted molar refractivity (Wildman–Crippen MR) is 119 cm³/mol. The summed E-state index contributed by atoms with van der Waals surface area (Å²) in [5.74, 6) is 0. The molecule has 0 amide bonds. The molecular weight excluding hydrogens is 524 g/mol. The molecule has 0 N–H and O–H groups in total. The Hall–Kier alpha value is 1.14. The summed E-state index contributed by atoms with van der Waals surface area (Å²) in [6.07, 6.45) is 0. The first kappa shape index (κ1) is 49.3. The van der Waals surface area contributed by atoms with Gasteiger partial charge in [-0.2, -0.15) is 0 Å². The van der Waals surface area contributed by atoms with E-state index in [1.54, 1.807) is 125 Å². The molecule has 0 heterocycles. The van der Waals surface area contributed by atoms with E-state index in [4.69, 9.17) is 0 Å². The van der Waals surface area contributed by atoms with Crippen LogP contribution in [0.3, 0.4) is 0 Å². The van der Waals surface area contributed by atoms with E-state index in [1.807, 2.05) is 0 Å². The monoisotopic (exact) mass is 578 g/mol. The summed E-state index contributed by atoms with van der Waals surface area (Å²) in [4.78, 5) is 0. The largest absolute Gasteiger partial charge is 0.850 e. The summed E-state index contributed by atoms with van der Waals surface area (Å²) in [6.45, 7) is 29.4. The van der Waals surface area contributed by atoms with E-state index in [-0.39, 0.29) is 41.7 Å². The first-order chi connectivity index (χ1) is 12.0. The third-order valence-electron chi connectivity index (χ3n) is 0. The first-order valence-corrected chi connectivity index (χ1v) is 10.2. The molecule has 0 bridgehead atoms. The maximum Gasteiger partial charge on any atom is 0 e. The average molecular weight is 579 g/mol. The maximum atomic E-state index is 10.1. The molecule has 196 valence electrons. The van der Waals surface area contributed by atoms with Gasteiger partial charge in [0.05, 0.1) is 0 Å². The zero-order valence-electron chi connectivity index (χ0n) is 23.9. The normalized spacial score (nSPS) is 11.6. The van der Waals surface area contributed by atoms with Crippen molar-refractivity contribution in [1.29, 1.82) is 0 Å². The van der Waals surface area contributed by atoms with E-state index in [9.17, 15) is 30.6 Å². The summed E-state index contributed by atoms with van der Waals surface area (Å²) in [5.41, 5.74) is -4.50. The molecule has 0 aliphatic carbocycles. The van der Waals surface area contributed by atoms with Gasteiger partial charge >= 0.3 is 0 Å². The second-order valence-electron chi connectivity index (χ2n) is 12.7. The van der Waals surface area contributed by atoms with E-state index >= 15 is 0 Å². The Bertz CT molecular complexity index is 214. The van der Waals surface area contributed by atoms with Crippen LogP contribution in [0.1, 0.15) is 125 Å². The van der Waals surface area contributed by atoms with Gasteiger partial charge in [-0.15, -0.1) is 33.6 Å². The fourth-order valence-corrected chi connectivity index (χ4v) is 0. The fourth-order valence-electron chi connectivity index (χ4n) is 0. The molecule has 0 atom stereocenters. The number of hydrogen-bond acceptors (Lipinski definition) is 6. The standard InChI is InChI=1S/6C4H9O.Ce/c6*1-4(2,3)5;/h6*1-3H3;/q6*-1;. The Labute approximate surface area is 229 Å². The molecule has 0 saturated carbocycles. The van der Waals surface area contributed by atoms with E-state index in [1.165, 1.54) is 0 Å². The summed E-state index contributed by atoms with van der Waals surface area (Å²) >= 11 is 0. The Kier molecular flexibility index (Phi) is 32.6. The van der Waals surface area contributed by atoms with Crippen LogP contribution in [-0.4, -0.2) is 33.6 Å². The first-order valence-electron chi connectivity index (χ1n) is 10.2. The molecule has 0 fully saturated rings. The van der Waals surface area contributed by atoms with Crippen molar-refractivity contribution >= 4 is 0 Å². The summed E-state index contributed by atoms with van der Waals surface area (Å²) < 4.78 is 0. The third-order valence-corrected chi connectivity index (χ3v) is 0. The van der Waals surface area contributed by atoms with Crippen LogP contribution in [0, 0.1) is 41.7 Å². The molecule has 0 aromatic heterocycles.